The summed E-state index contributed by atoms with van der Waals surface area (Å²) in [6, 6.07) is -0.391. The van der Waals surface area contributed by atoms with Crippen LogP contribution in [0.4, 0.5) is 0 Å². The minimum absolute atomic E-state index is 0.105. The van der Waals surface area contributed by atoms with Crippen molar-refractivity contribution < 1.29 is 14.4 Å². The van der Waals surface area contributed by atoms with Crippen molar-refractivity contribution in [3.05, 3.63) is 12.3 Å². The Bertz CT molecular complexity index is 405. The molecule has 21 heavy (non-hydrogen) atoms. The molecule has 0 aliphatic rings. The zero-order valence-electron chi connectivity index (χ0n) is 13.2. The Kier molecular flexibility index (Phi) is 9.96. The molecule has 0 fully saturated rings. The number of aliphatic imine (C=N–C) groups is 1. The second-order valence-corrected chi connectivity index (χ2v) is 4.87. The number of nitrogens with one attached hydrogen (secondary N) is 1. The molecule has 0 aliphatic heterocycles. The van der Waals surface area contributed by atoms with Crippen LogP contribution in [0.2, 0.25) is 0 Å². The normalized spacial score (nSPS) is 15.0. The van der Waals surface area contributed by atoms with E-state index in [0.29, 0.717) is 25.1 Å². The maximum Gasteiger partial charge on any atom is 0.237 e. The van der Waals surface area contributed by atoms with Crippen LogP contribution in [-0.4, -0.2) is 55.8 Å². The average molecular weight is 295 g/mol. The molecule has 0 saturated heterocycles. The van der Waals surface area contributed by atoms with Crippen molar-refractivity contribution in [1.82, 2.24) is 10.2 Å². The third-order valence-electron chi connectivity index (χ3n) is 3.20. The number of hydrogen-bond donors (Lipinski definition) is 1. The lowest BCUT2D eigenvalue weighted by Crippen LogP contribution is -2.46. The molecule has 0 aliphatic carbocycles. The Morgan fingerprint density at radius 3 is 2.52 bits per heavy atom. The monoisotopic (exact) mass is 295 g/mol. The Morgan fingerprint density at radius 1 is 1.38 bits per heavy atom. The number of nitrogens with zero attached hydrogens (tertiary/aromatic N) is 2. The smallest absolute Gasteiger partial charge is 0.237 e. The molecule has 0 aromatic carbocycles. The summed E-state index contributed by atoms with van der Waals surface area (Å²) >= 11 is 0. The molecule has 1 N–H and O–H groups in total. The van der Waals surface area contributed by atoms with Gasteiger partial charge >= 0.3 is 0 Å². The number of carbonyl (C=O) groups is 3. The van der Waals surface area contributed by atoms with Crippen LogP contribution in [0.25, 0.3) is 0 Å². The van der Waals surface area contributed by atoms with E-state index in [-0.39, 0.29) is 11.8 Å². The quantitative estimate of drug-likeness (QED) is 0.478. The predicted molar refractivity (Wildman–Crippen MR) is 83.3 cm³/mol. The van der Waals surface area contributed by atoms with Crippen LogP contribution in [0, 0.1) is 5.92 Å². The maximum atomic E-state index is 11.9. The number of amides is 1. The Morgan fingerprint density at radius 2 is 2.05 bits per heavy atom. The molecule has 0 radical (unpaired) electrons. The van der Waals surface area contributed by atoms with Crippen molar-refractivity contribution in [1.29, 1.82) is 0 Å². The molecule has 0 saturated carbocycles. The van der Waals surface area contributed by atoms with Crippen molar-refractivity contribution in [2.45, 2.75) is 32.7 Å². The van der Waals surface area contributed by atoms with E-state index in [1.807, 2.05) is 18.7 Å². The highest BCUT2D eigenvalue weighted by atomic mass is 16.2. The summed E-state index contributed by atoms with van der Waals surface area (Å²) in [5.41, 5.74) is 0.436. The number of carbonyl (C=O) groups excluding carboxylic acids is 3. The lowest BCUT2D eigenvalue weighted by atomic mass is 10.0. The SMILES string of the molecule is C/C=C\N=C(\C=O)C(C)CN(C)C(CCC=O)C(=O)NC. The third kappa shape index (κ3) is 6.94. The molecule has 1 amide bonds. The fraction of sp³-hybridized carbons (Fsp3) is 0.600. The summed E-state index contributed by atoms with van der Waals surface area (Å²) in [7, 11) is 3.37. The van der Waals surface area contributed by atoms with Crippen LogP contribution in [0.15, 0.2) is 17.3 Å². The highest BCUT2D eigenvalue weighted by molar-refractivity contribution is 6.29. The van der Waals surface area contributed by atoms with Crippen LogP contribution in [-0.2, 0) is 14.4 Å². The van der Waals surface area contributed by atoms with E-state index < -0.39 is 6.04 Å². The minimum Gasteiger partial charge on any atom is -0.358 e. The van der Waals surface area contributed by atoms with E-state index in [4.69, 9.17) is 0 Å². The summed E-state index contributed by atoms with van der Waals surface area (Å²) < 4.78 is 0. The first-order valence-corrected chi connectivity index (χ1v) is 7.01. The summed E-state index contributed by atoms with van der Waals surface area (Å²) in [4.78, 5) is 39.4. The van der Waals surface area contributed by atoms with Crippen molar-refractivity contribution in [3.8, 4) is 0 Å². The van der Waals surface area contributed by atoms with E-state index in [1.165, 1.54) is 0 Å². The topological polar surface area (TPSA) is 78.8 Å². The fourth-order valence-electron chi connectivity index (χ4n) is 2.03. The van der Waals surface area contributed by atoms with Crippen LogP contribution < -0.4 is 5.32 Å². The van der Waals surface area contributed by atoms with Gasteiger partial charge in [-0.15, -0.1) is 0 Å². The second-order valence-electron chi connectivity index (χ2n) is 4.87. The molecule has 0 rings (SSSR count). The third-order valence-corrected chi connectivity index (χ3v) is 3.20. The molecular formula is C15H25N3O3. The number of aldehydes is 2. The zero-order valence-corrected chi connectivity index (χ0v) is 13.2. The Hall–Kier alpha value is -1.82. The molecule has 0 heterocycles. The molecule has 6 heteroatoms. The van der Waals surface area contributed by atoms with Gasteiger partial charge in [-0.25, -0.2) is 0 Å². The predicted octanol–water partition coefficient (Wildman–Crippen LogP) is 0.821. The van der Waals surface area contributed by atoms with Gasteiger partial charge in [0.1, 0.15) is 6.29 Å². The van der Waals surface area contributed by atoms with E-state index in [9.17, 15) is 14.4 Å². The highest BCUT2D eigenvalue weighted by Gasteiger charge is 2.24. The van der Waals surface area contributed by atoms with Crippen molar-refractivity contribution >= 4 is 24.2 Å². The van der Waals surface area contributed by atoms with E-state index in [2.05, 4.69) is 10.3 Å². The molecule has 0 aromatic rings. The van der Waals surface area contributed by atoms with Gasteiger partial charge in [0.15, 0.2) is 6.29 Å². The van der Waals surface area contributed by atoms with Gasteiger partial charge in [-0.3, -0.25) is 19.5 Å². The number of likely N-dealkylation sites (N-methyl/N-ethyl adjacent to an activating group) is 2. The van der Waals surface area contributed by atoms with Crippen molar-refractivity contribution in [3.63, 3.8) is 0 Å². The highest BCUT2D eigenvalue weighted by Crippen LogP contribution is 2.09. The lowest BCUT2D eigenvalue weighted by molar-refractivity contribution is -0.126. The number of rotatable bonds is 10. The first-order valence-electron chi connectivity index (χ1n) is 7.01. The molecular weight excluding hydrogens is 270 g/mol. The maximum absolute atomic E-state index is 11.9. The van der Waals surface area contributed by atoms with Crippen LogP contribution >= 0.6 is 0 Å². The Balaban J connectivity index is 4.86. The first-order chi connectivity index (χ1) is 10.0. The van der Waals surface area contributed by atoms with E-state index in [1.54, 1.807) is 26.4 Å². The molecule has 0 aromatic heterocycles. The van der Waals surface area contributed by atoms with Crippen LogP contribution in [0.3, 0.4) is 0 Å². The Labute approximate surface area is 126 Å². The average Bonchev–Trinajstić information content (AvgIpc) is 2.47. The van der Waals surface area contributed by atoms with Gasteiger partial charge in [-0.1, -0.05) is 13.0 Å². The van der Waals surface area contributed by atoms with Gasteiger partial charge in [0.2, 0.25) is 5.91 Å². The zero-order chi connectivity index (χ0) is 16.3. The first kappa shape index (κ1) is 19.2. The standard InChI is InChI=1S/C15H25N3O3/c1-5-8-17-13(11-20)12(2)10-18(4)14(7-6-9-19)15(21)16-3/h5,8-9,11-12,14H,6-7,10H2,1-4H3,(H,16,21)/b8-5-,17-13-. The molecule has 0 bridgehead atoms. The summed E-state index contributed by atoms with van der Waals surface area (Å²) in [5.74, 6) is -0.239. The van der Waals surface area contributed by atoms with Gasteiger partial charge in [0.25, 0.3) is 0 Å². The van der Waals surface area contributed by atoms with Gasteiger partial charge in [-0.05, 0) is 20.4 Å². The van der Waals surface area contributed by atoms with Gasteiger partial charge in [0.05, 0.1) is 11.8 Å². The van der Waals surface area contributed by atoms with E-state index >= 15 is 0 Å². The lowest BCUT2D eigenvalue weighted by Gasteiger charge is -2.28. The minimum atomic E-state index is -0.391. The van der Waals surface area contributed by atoms with Crippen LogP contribution in [0.1, 0.15) is 26.7 Å². The summed E-state index contributed by atoms with van der Waals surface area (Å²) in [5, 5.41) is 2.60. The molecule has 118 valence electrons. The number of hydrogen-bond acceptors (Lipinski definition) is 5. The van der Waals surface area contributed by atoms with Gasteiger partial charge in [0, 0.05) is 32.1 Å². The molecule has 2 atom stereocenters. The number of allylic oxidation sites excluding steroid dienone is 1. The van der Waals surface area contributed by atoms with Gasteiger partial charge < -0.3 is 10.1 Å². The van der Waals surface area contributed by atoms with Crippen LogP contribution in [0.5, 0.6) is 0 Å². The molecule has 0 spiro atoms. The molecule has 6 nitrogen and oxygen atoms in total. The largest absolute Gasteiger partial charge is 0.358 e. The summed E-state index contributed by atoms with van der Waals surface area (Å²) in [6.45, 7) is 4.21. The van der Waals surface area contributed by atoms with Crippen molar-refractivity contribution in [2.24, 2.45) is 10.9 Å². The fourth-order valence-corrected chi connectivity index (χ4v) is 2.03. The summed E-state index contributed by atoms with van der Waals surface area (Å²) in [6.07, 6.45) is 5.63. The second kappa shape index (κ2) is 10.9. The van der Waals surface area contributed by atoms with Gasteiger partial charge in [-0.2, -0.15) is 0 Å². The van der Waals surface area contributed by atoms with E-state index in [0.717, 1.165) is 12.6 Å². The van der Waals surface area contributed by atoms with Crippen molar-refractivity contribution in [2.75, 3.05) is 20.6 Å². The molecule has 2 unspecified atom stereocenters.